The van der Waals surface area contributed by atoms with E-state index in [4.69, 9.17) is 11.6 Å². The highest BCUT2D eigenvalue weighted by Gasteiger charge is 2.43. The minimum atomic E-state index is -4.19. The van der Waals surface area contributed by atoms with Crippen LogP contribution in [0.15, 0.2) is 0 Å². The van der Waals surface area contributed by atoms with Gasteiger partial charge in [0.1, 0.15) is 0 Å². The van der Waals surface area contributed by atoms with Crippen LogP contribution in [0.1, 0.15) is 52.4 Å². The Kier molecular flexibility index (Phi) is 6.82. The molecule has 0 saturated heterocycles. The van der Waals surface area contributed by atoms with Crippen LogP contribution in [0.5, 0.6) is 0 Å². The Morgan fingerprint density at radius 3 is 2.33 bits per heavy atom. The lowest BCUT2D eigenvalue weighted by atomic mass is 9.80. The summed E-state index contributed by atoms with van der Waals surface area (Å²) in [6, 6.07) is 0. The van der Waals surface area contributed by atoms with E-state index in [1.54, 1.807) is 0 Å². The summed E-state index contributed by atoms with van der Waals surface area (Å²) in [5.41, 5.74) is -0.157. The summed E-state index contributed by atoms with van der Waals surface area (Å²) in [5.74, 6) is -1.67. The van der Waals surface area contributed by atoms with Crippen molar-refractivity contribution in [2.24, 2.45) is 17.3 Å². The summed E-state index contributed by atoms with van der Waals surface area (Å²) in [4.78, 5) is 12.1. The van der Waals surface area contributed by atoms with Gasteiger partial charge in [0.25, 0.3) is 0 Å². The van der Waals surface area contributed by atoms with Gasteiger partial charge in [-0.2, -0.15) is 13.2 Å². The molecular formula is C15H25ClF3NO. The van der Waals surface area contributed by atoms with Gasteiger partial charge in [-0.15, -0.1) is 11.6 Å². The van der Waals surface area contributed by atoms with Gasteiger partial charge in [0.15, 0.2) is 0 Å². The van der Waals surface area contributed by atoms with Crippen molar-refractivity contribution in [3.63, 3.8) is 0 Å². The molecule has 2 atom stereocenters. The van der Waals surface area contributed by atoms with Crippen molar-refractivity contribution >= 4 is 17.5 Å². The normalized spacial score (nSPS) is 23.9. The Morgan fingerprint density at radius 1 is 1.24 bits per heavy atom. The maximum absolute atomic E-state index is 12.8. The molecule has 1 fully saturated rings. The van der Waals surface area contributed by atoms with Gasteiger partial charge in [-0.3, -0.25) is 4.79 Å². The third-order valence-corrected chi connectivity index (χ3v) is 5.50. The smallest absolute Gasteiger partial charge is 0.355 e. The molecule has 6 heteroatoms. The molecule has 2 unspecified atom stereocenters. The fraction of sp³-hybridized carbons (Fsp3) is 0.933. The summed E-state index contributed by atoms with van der Waals surface area (Å²) >= 11 is 5.98. The lowest BCUT2D eigenvalue weighted by Crippen LogP contribution is -2.43. The van der Waals surface area contributed by atoms with E-state index in [1.807, 2.05) is 13.8 Å². The molecule has 0 aromatic heterocycles. The maximum atomic E-state index is 12.8. The van der Waals surface area contributed by atoms with Crippen LogP contribution in [0.25, 0.3) is 0 Å². The molecule has 0 bridgehead atoms. The van der Waals surface area contributed by atoms with Crippen molar-refractivity contribution in [3.8, 4) is 0 Å². The van der Waals surface area contributed by atoms with Crippen LogP contribution in [0.3, 0.4) is 0 Å². The molecule has 1 amide bonds. The summed E-state index contributed by atoms with van der Waals surface area (Å²) in [7, 11) is 0. The van der Waals surface area contributed by atoms with Gasteiger partial charge in [-0.1, -0.05) is 20.3 Å². The molecule has 1 aliphatic rings. The molecule has 1 N–H and O–H groups in total. The molecule has 0 radical (unpaired) electrons. The van der Waals surface area contributed by atoms with Gasteiger partial charge in [0.2, 0.25) is 5.91 Å². The summed E-state index contributed by atoms with van der Waals surface area (Å²) in [5, 5.41) is 2.83. The molecule has 1 rings (SSSR count). The zero-order valence-electron chi connectivity index (χ0n) is 12.7. The number of nitrogens with one attached hydrogen (secondary N) is 1. The van der Waals surface area contributed by atoms with Crippen molar-refractivity contribution < 1.29 is 18.0 Å². The molecule has 21 heavy (non-hydrogen) atoms. The lowest BCUT2D eigenvalue weighted by Gasteiger charge is -2.33. The predicted octanol–water partition coefficient (Wildman–Crippen LogP) is 4.52. The highest BCUT2D eigenvalue weighted by Crippen LogP contribution is 2.40. The predicted molar refractivity (Wildman–Crippen MR) is 78.2 cm³/mol. The number of rotatable bonds is 6. The topological polar surface area (TPSA) is 29.1 Å². The summed E-state index contributed by atoms with van der Waals surface area (Å²) in [6.07, 6.45) is -1.45. The van der Waals surface area contributed by atoms with Gasteiger partial charge in [-0.05, 0) is 32.1 Å². The molecule has 2 nitrogen and oxygen atoms in total. The van der Waals surface area contributed by atoms with Crippen molar-refractivity contribution in [1.82, 2.24) is 5.32 Å². The van der Waals surface area contributed by atoms with Gasteiger partial charge in [0.05, 0.1) is 5.92 Å². The highest BCUT2D eigenvalue weighted by molar-refractivity contribution is 6.18. The Morgan fingerprint density at radius 2 is 1.86 bits per heavy atom. The first kappa shape index (κ1) is 18.6. The quantitative estimate of drug-likeness (QED) is 0.714. The van der Waals surface area contributed by atoms with E-state index < -0.39 is 18.0 Å². The monoisotopic (exact) mass is 327 g/mol. The van der Waals surface area contributed by atoms with Crippen LogP contribution < -0.4 is 5.32 Å². The summed E-state index contributed by atoms with van der Waals surface area (Å²) in [6.45, 7) is 4.46. The van der Waals surface area contributed by atoms with Gasteiger partial charge >= 0.3 is 6.18 Å². The molecule has 0 aliphatic heterocycles. The Labute approximate surface area is 129 Å². The minimum Gasteiger partial charge on any atom is -0.355 e. The second-order valence-corrected chi connectivity index (χ2v) is 6.43. The van der Waals surface area contributed by atoms with E-state index >= 15 is 0 Å². The van der Waals surface area contributed by atoms with E-state index in [0.29, 0.717) is 25.3 Å². The number of alkyl halides is 4. The average molecular weight is 328 g/mol. The highest BCUT2D eigenvalue weighted by atomic mass is 35.5. The number of hydrogen-bond acceptors (Lipinski definition) is 1. The Hall–Kier alpha value is -0.450. The zero-order chi connectivity index (χ0) is 16.1. The van der Waals surface area contributed by atoms with E-state index in [2.05, 4.69) is 5.32 Å². The van der Waals surface area contributed by atoms with Crippen LogP contribution in [0, 0.1) is 17.3 Å². The van der Waals surface area contributed by atoms with Crippen LogP contribution in [0.2, 0.25) is 0 Å². The molecule has 0 heterocycles. The largest absolute Gasteiger partial charge is 0.391 e. The third-order valence-electron chi connectivity index (χ3n) is 4.93. The number of hydrogen-bond donors (Lipinski definition) is 1. The third kappa shape index (κ3) is 5.04. The van der Waals surface area contributed by atoms with Gasteiger partial charge < -0.3 is 5.32 Å². The van der Waals surface area contributed by atoms with E-state index in [1.165, 1.54) is 0 Å². The van der Waals surface area contributed by atoms with Crippen LogP contribution >= 0.6 is 11.6 Å². The van der Waals surface area contributed by atoms with Crippen molar-refractivity contribution in [2.45, 2.75) is 58.5 Å². The number of carbonyl (C=O) groups is 1. The molecule has 1 saturated carbocycles. The number of amides is 1. The Bertz CT molecular complexity index is 334. The summed E-state index contributed by atoms with van der Waals surface area (Å²) < 4.78 is 38.3. The van der Waals surface area contributed by atoms with E-state index in [9.17, 15) is 18.0 Å². The lowest BCUT2D eigenvalue weighted by molar-refractivity contribution is -0.186. The second-order valence-electron chi connectivity index (χ2n) is 6.16. The standard InChI is InChI=1S/C15H25ClF3NO/c1-3-14(4-2,9-16)10-20-13(21)11-6-5-7-12(8-11)15(17,18)19/h11-12H,3-10H2,1-2H3,(H,20,21). The number of halogens is 4. The molecule has 124 valence electrons. The van der Waals surface area contributed by atoms with Crippen LogP contribution in [-0.2, 0) is 4.79 Å². The SMILES string of the molecule is CCC(CC)(CCl)CNC(=O)C1CCCC(C(F)(F)F)C1. The van der Waals surface area contributed by atoms with Crippen LogP contribution in [0.4, 0.5) is 13.2 Å². The first-order chi connectivity index (χ1) is 9.78. The van der Waals surface area contributed by atoms with Crippen molar-refractivity contribution in [2.75, 3.05) is 12.4 Å². The fourth-order valence-corrected chi connectivity index (χ4v) is 3.35. The minimum absolute atomic E-state index is 0.0819. The average Bonchev–Trinajstić information content (AvgIpc) is 2.48. The van der Waals surface area contributed by atoms with Crippen molar-refractivity contribution in [1.29, 1.82) is 0 Å². The van der Waals surface area contributed by atoms with E-state index in [0.717, 1.165) is 12.8 Å². The number of carbonyl (C=O) groups excluding carboxylic acids is 1. The molecule has 0 spiro atoms. The molecule has 0 aromatic rings. The van der Waals surface area contributed by atoms with Crippen LogP contribution in [-0.4, -0.2) is 24.5 Å². The van der Waals surface area contributed by atoms with Crippen molar-refractivity contribution in [3.05, 3.63) is 0 Å². The first-order valence-corrected chi connectivity index (χ1v) is 8.22. The molecule has 1 aliphatic carbocycles. The first-order valence-electron chi connectivity index (χ1n) is 7.68. The maximum Gasteiger partial charge on any atom is 0.391 e. The van der Waals surface area contributed by atoms with Gasteiger partial charge in [0, 0.05) is 23.8 Å². The zero-order valence-corrected chi connectivity index (χ0v) is 13.5. The molecule has 0 aromatic carbocycles. The fourth-order valence-electron chi connectivity index (χ4n) is 2.88. The van der Waals surface area contributed by atoms with E-state index in [-0.39, 0.29) is 24.2 Å². The second kappa shape index (κ2) is 7.70. The molecular weight excluding hydrogens is 303 g/mol. The van der Waals surface area contributed by atoms with Gasteiger partial charge in [-0.25, -0.2) is 0 Å². The Balaban J connectivity index is 2.55.